The van der Waals surface area contributed by atoms with Crippen LogP contribution in [0.25, 0.3) is 0 Å². The lowest BCUT2D eigenvalue weighted by atomic mass is 10.2. The number of nitro benzene ring substituents is 1. The van der Waals surface area contributed by atoms with Crippen LogP contribution in [0.1, 0.15) is 5.56 Å². The number of nitrogens with one attached hydrogen (secondary N) is 1. The van der Waals surface area contributed by atoms with Gasteiger partial charge in [-0.2, -0.15) is 0 Å². The first-order valence-corrected chi connectivity index (χ1v) is 6.77. The molecule has 2 aromatic rings. The lowest BCUT2D eigenvalue weighted by Crippen LogP contribution is -2.04. The van der Waals surface area contributed by atoms with Gasteiger partial charge < -0.3 is 10.1 Å². The molecule has 0 heterocycles. The second-order valence-electron chi connectivity index (χ2n) is 4.21. The first kappa shape index (κ1) is 15.4. The molecule has 0 amide bonds. The Kier molecular flexibility index (Phi) is 4.88. The Labute approximate surface area is 131 Å². The lowest BCUT2D eigenvalue weighted by Gasteiger charge is -2.11. The molecular weight excluding hydrogens is 315 g/mol. The number of nitrogens with zero attached hydrogens (tertiary/aromatic N) is 1. The van der Waals surface area contributed by atoms with E-state index in [9.17, 15) is 10.1 Å². The first-order chi connectivity index (χ1) is 10.0. The summed E-state index contributed by atoms with van der Waals surface area (Å²) < 4.78 is 5.23. The van der Waals surface area contributed by atoms with Crippen molar-refractivity contribution in [1.82, 2.24) is 0 Å². The van der Waals surface area contributed by atoms with Crippen molar-refractivity contribution in [2.45, 2.75) is 6.54 Å². The van der Waals surface area contributed by atoms with Gasteiger partial charge in [-0.1, -0.05) is 41.4 Å². The van der Waals surface area contributed by atoms with Gasteiger partial charge in [0.25, 0.3) is 5.69 Å². The number of para-hydroxylation sites is 1. The van der Waals surface area contributed by atoms with E-state index < -0.39 is 4.92 Å². The van der Waals surface area contributed by atoms with Crippen LogP contribution in [0.4, 0.5) is 11.4 Å². The minimum atomic E-state index is -0.507. The molecule has 0 spiro atoms. The van der Waals surface area contributed by atoms with Gasteiger partial charge in [-0.25, -0.2) is 0 Å². The molecule has 0 atom stereocenters. The van der Waals surface area contributed by atoms with Gasteiger partial charge in [0.15, 0.2) is 0 Å². The molecule has 0 saturated heterocycles. The van der Waals surface area contributed by atoms with Crippen molar-refractivity contribution >= 4 is 34.6 Å². The van der Waals surface area contributed by atoms with Gasteiger partial charge in [0.1, 0.15) is 11.4 Å². The van der Waals surface area contributed by atoms with E-state index in [1.165, 1.54) is 12.1 Å². The van der Waals surface area contributed by atoms with Crippen LogP contribution in [-0.2, 0) is 6.54 Å². The minimum absolute atomic E-state index is 0.126. The maximum absolute atomic E-state index is 11.1. The van der Waals surface area contributed by atoms with Crippen molar-refractivity contribution < 1.29 is 9.66 Å². The fraction of sp³-hybridized carbons (Fsp3) is 0.143. The van der Waals surface area contributed by atoms with Crippen molar-refractivity contribution in [2.24, 2.45) is 0 Å². The Bertz CT molecular complexity index is 677. The summed E-state index contributed by atoms with van der Waals surface area (Å²) in [5.74, 6) is 0.702. The highest BCUT2D eigenvalue weighted by Crippen LogP contribution is 2.34. The molecule has 0 bridgehead atoms. The van der Waals surface area contributed by atoms with E-state index in [0.717, 1.165) is 5.56 Å². The predicted molar refractivity (Wildman–Crippen MR) is 83.4 cm³/mol. The van der Waals surface area contributed by atoms with Crippen LogP contribution in [0.2, 0.25) is 10.0 Å². The molecule has 0 fully saturated rings. The number of anilines is 1. The van der Waals surface area contributed by atoms with Crippen molar-refractivity contribution in [3.05, 3.63) is 62.1 Å². The summed E-state index contributed by atoms with van der Waals surface area (Å²) in [5, 5.41) is 14.4. The van der Waals surface area contributed by atoms with Gasteiger partial charge >= 0.3 is 0 Å². The summed E-state index contributed by atoms with van der Waals surface area (Å²) in [6.07, 6.45) is 0. The summed E-state index contributed by atoms with van der Waals surface area (Å²) in [7, 11) is 1.57. The van der Waals surface area contributed by atoms with Crippen LogP contribution in [0.3, 0.4) is 0 Å². The molecule has 0 aromatic heterocycles. The van der Waals surface area contributed by atoms with Crippen molar-refractivity contribution in [3.63, 3.8) is 0 Å². The fourth-order valence-corrected chi connectivity index (χ4v) is 2.19. The Balaban J connectivity index is 2.27. The predicted octanol–water partition coefficient (Wildman–Crippen LogP) is 4.52. The number of halogens is 2. The average molecular weight is 327 g/mol. The Morgan fingerprint density at radius 3 is 2.57 bits per heavy atom. The SMILES string of the molecule is COc1ccccc1CNc1cc(Cl)c(Cl)cc1[N+](=O)[O-]. The van der Waals surface area contributed by atoms with E-state index in [-0.39, 0.29) is 15.7 Å². The van der Waals surface area contributed by atoms with Crippen LogP contribution in [0.15, 0.2) is 36.4 Å². The standard InChI is InChI=1S/C14H12Cl2N2O3/c1-21-14-5-3-2-4-9(14)8-17-12-6-10(15)11(16)7-13(12)18(19)20/h2-7,17H,8H2,1H3. The third-order valence-corrected chi connectivity index (χ3v) is 3.62. The highest BCUT2D eigenvalue weighted by atomic mass is 35.5. The zero-order valence-corrected chi connectivity index (χ0v) is 12.6. The zero-order chi connectivity index (χ0) is 15.4. The summed E-state index contributed by atoms with van der Waals surface area (Å²) >= 11 is 11.7. The summed E-state index contributed by atoms with van der Waals surface area (Å²) in [5.41, 5.74) is 1.06. The van der Waals surface area contributed by atoms with Gasteiger partial charge in [0.2, 0.25) is 0 Å². The van der Waals surface area contributed by atoms with E-state index in [2.05, 4.69) is 5.32 Å². The molecule has 0 aliphatic carbocycles. The molecule has 2 aromatic carbocycles. The van der Waals surface area contributed by atoms with Gasteiger partial charge in [-0.05, 0) is 12.1 Å². The van der Waals surface area contributed by atoms with E-state index in [4.69, 9.17) is 27.9 Å². The molecule has 110 valence electrons. The third-order valence-electron chi connectivity index (χ3n) is 2.90. The number of ether oxygens (including phenoxy) is 1. The number of nitro groups is 1. The maximum Gasteiger partial charge on any atom is 0.293 e. The van der Waals surface area contributed by atoms with E-state index in [1.807, 2.05) is 24.3 Å². The Hall–Kier alpha value is -1.98. The van der Waals surface area contributed by atoms with Gasteiger partial charge in [-0.3, -0.25) is 10.1 Å². The Morgan fingerprint density at radius 2 is 1.90 bits per heavy atom. The molecule has 21 heavy (non-hydrogen) atoms. The quantitative estimate of drug-likeness (QED) is 0.648. The molecule has 0 radical (unpaired) electrons. The second-order valence-corrected chi connectivity index (χ2v) is 5.02. The molecule has 7 heteroatoms. The highest BCUT2D eigenvalue weighted by Gasteiger charge is 2.17. The van der Waals surface area contributed by atoms with E-state index in [0.29, 0.717) is 18.0 Å². The molecule has 1 N–H and O–H groups in total. The summed E-state index contributed by atoms with van der Waals surface area (Å²) in [4.78, 5) is 10.6. The van der Waals surface area contributed by atoms with Crippen LogP contribution < -0.4 is 10.1 Å². The molecule has 0 aliphatic heterocycles. The minimum Gasteiger partial charge on any atom is -0.496 e. The largest absolute Gasteiger partial charge is 0.496 e. The van der Waals surface area contributed by atoms with Crippen LogP contribution in [0, 0.1) is 10.1 Å². The number of methoxy groups -OCH3 is 1. The van der Waals surface area contributed by atoms with Crippen molar-refractivity contribution in [3.8, 4) is 5.75 Å². The zero-order valence-electron chi connectivity index (χ0n) is 11.1. The molecule has 5 nitrogen and oxygen atoms in total. The number of hydrogen-bond donors (Lipinski definition) is 1. The summed E-state index contributed by atoms with van der Waals surface area (Å²) in [6.45, 7) is 0.364. The van der Waals surface area contributed by atoms with Crippen LogP contribution in [0.5, 0.6) is 5.75 Å². The van der Waals surface area contributed by atoms with Gasteiger partial charge in [-0.15, -0.1) is 0 Å². The van der Waals surface area contributed by atoms with Crippen molar-refractivity contribution in [2.75, 3.05) is 12.4 Å². The van der Waals surface area contributed by atoms with Crippen LogP contribution >= 0.6 is 23.2 Å². The average Bonchev–Trinajstić information content (AvgIpc) is 2.48. The number of benzene rings is 2. The third kappa shape index (κ3) is 3.56. The van der Waals surface area contributed by atoms with Gasteiger partial charge in [0.05, 0.1) is 22.1 Å². The van der Waals surface area contributed by atoms with E-state index >= 15 is 0 Å². The number of rotatable bonds is 5. The Morgan fingerprint density at radius 1 is 1.24 bits per heavy atom. The van der Waals surface area contributed by atoms with Gasteiger partial charge in [0, 0.05) is 18.2 Å². The highest BCUT2D eigenvalue weighted by molar-refractivity contribution is 6.42. The summed E-state index contributed by atoms with van der Waals surface area (Å²) in [6, 6.07) is 10.1. The molecule has 2 rings (SSSR count). The monoisotopic (exact) mass is 326 g/mol. The second kappa shape index (κ2) is 6.65. The molecule has 0 saturated carbocycles. The van der Waals surface area contributed by atoms with E-state index in [1.54, 1.807) is 7.11 Å². The lowest BCUT2D eigenvalue weighted by molar-refractivity contribution is -0.383. The molecular formula is C14H12Cl2N2O3. The first-order valence-electron chi connectivity index (χ1n) is 6.02. The molecule has 0 unspecified atom stereocenters. The normalized spacial score (nSPS) is 10.2. The fourth-order valence-electron chi connectivity index (χ4n) is 1.87. The smallest absolute Gasteiger partial charge is 0.293 e. The maximum atomic E-state index is 11.1. The topological polar surface area (TPSA) is 64.4 Å². The van der Waals surface area contributed by atoms with Crippen LogP contribution in [-0.4, -0.2) is 12.0 Å². The molecule has 0 aliphatic rings. The number of hydrogen-bond acceptors (Lipinski definition) is 4. The van der Waals surface area contributed by atoms with Crippen molar-refractivity contribution in [1.29, 1.82) is 0 Å².